The Morgan fingerprint density at radius 1 is 0.275 bits per heavy atom. The highest BCUT2D eigenvalue weighted by atomic mass is 15.0. The van der Waals surface area contributed by atoms with Gasteiger partial charge < -0.3 is 9.13 Å². The molecule has 2 aliphatic rings. The summed E-state index contributed by atoms with van der Waals surface area (Å²) in [6.07, 6.45) is 4.47. The summed E-state index contributed by atoms with van der Waals surface area (Å²) < 4.78 is 4.81. The first kappa shape index (κ1) is 46.3. The molecule has 2 aliphatic carbocycles. The standard InChI is InChI=1S/C78H56N2/c1-77(2)68-45-54(51-30-27-49(28-31-51)25-26-50-29-41-75-66(43-50)64-20-10-12-22-73(64)79(75)58-17-6-5-7-18-58)32-37-60(68)62-39-34-56(47-70(62)77)57-35-40-63-61-38-33-55(46-69(61)78(3,4)71(63)48-57)53-36-42-76-67(44-53)65-21-11-13-23-74(65)80(76)72-24-14-16-52-15-8-9-19-59(52)72/h5-48H,1-4H3/b26-25+. The number of rotatable bonds is 7. The largest absolute Gasteiger partial charge is 0.309 e. The zero-order valence-electron chi connectivity index (χ0n) is 45.3. The first-order chi connectivity index (χ1) is 39.2. The van der Waals surface area contributed by atoms with Crippen molar-refractivity contribution < 1.29 is 0 Å². The molecular formula is C78H56N2. The first-order valence-corrected chi connectivity index (χ1v) is 28.1. The van der Waals surface area contributed by atoms with Crippen LogP contribution in [-0.2, 0) is 10.8 Å². The van der Waals surface area contributed by atoms with Gasteiger partial charge in [-0.15, -0.1) is 0 Å². The second-order valence-electron chi connectivity index (χ2n) is 23.3. The van der Waals surface area contributed by atoms with E-state index >= 15 is 0 Å². The molecule has 0 unspecified atom stereocenters. The predicted octanol–water partition coefficient (Wildman–Crippen LogP) is 20.8. The Kier molecular flexibility index (Phi) is 10.1. The molecule has 14 aromatic rings. The van der Waals surface area contributed by atoms with E-state index in [4.69, 9.17) is 0 Å². The molecule has 2 heteroatoms. The molecule has 16 rings (SSSR count). The van der Waals surface area contributed by atoms with Crippen LogP contribution in [0.2, 0.25) is 0 Å². The smallest absolute Gasteiger partial charge is 0.0541 e. The quantitative estimate of drug-likeness (QED) is 0.141. The second kappa shape index (κ2) is 17.4. The molecule has 0 aliphatic heterocycles. The van der Waals surface area contributed by atoms with Gasteiger partial charge in [0, 0.05) is 43.4 Å². The molecule has 0 spiro atoms. The normalized spacial score (nSPS) is 13.9. The lowest BCUT2D eigenvalue weighted by atomic mass is 9.79. The van der Waals surface area contributed by atoms with E-state index < -0.39 is 0 Å². The summed E-state index contributed by atoms with van der Waals surface area (Å²) in [6.45, 7) is 9.61. The minimum Gasteiger partial charge on any atom is -0.309 e. The summed E-state index contributed by atoms with van der Waals surface area (Å²) >= 11 is 0. The van der Waals surface area contributed by atoms with Crippen molar-refractivity contribution in [3.63, 3.8) is 0 Å². The monoisotopic (exact) mass is 1020 g/mol. The highest BCUT2D eigenvalue weighted by Gasteiger charge is 2.38. The minimum absolute atomic E-state index is 0.162. The van der Waals surface area contributed by atoms with Crippen molar-refractivity contribution in [2.45, 2.75) is 38.5 Å². The zero-order chi connectivity index (χ0) is 53.4. The molecule has 378 valence electrons. The summed E-state index contributed by atoms with van der Waals surface area (Å²) in [4.78, 5) is 0. The third-order valence-electron chi connectivity index (χ3n) is 18.1. The van der Waals surface area contributed by atoms with E-state index in [-0.39, 0.29) is 10.8 Å². The molecule has 2 nitrogen and oxygen atoms in total. The number of hydrogen-bond acceptors (Lipinski definition) is 0. The Bertz CT molecular complexity index is 4920. The van der Waals surface area contributed by atoms with Gasteiger partial charge in [-0.3, -0.25) is 0 Å². The maximum atomic E-state index is 2.47. The molecule has 0 saturated heterocycles. The van der Waals surface area contributed by atoms with Crippen LogP contribution in [0.15, 0.2) is 255 Å². The fourth-order valence-electron chi connectivity index (χ4n) is 13.9. The molecule has 2 heterocycles. The average molecular weight is 1020 g/mol. The van der Waals surface area contributed by atoms with E-state index in [1.807, 2.05) is 0 Å². The van der Waals surface area contributed by atoms with Crippen molar-refractivity contribution in [3.8, 4) is 67.0 Å². The number of benzene rings is 12. The van der Waals surface area contributed by atoms with Crippen LogP contribution in [0, 0.1) is 0 Å². The molecule has 0 saturated carbocycles. The predicted molar refractivity (Wildman–Crippen MR) is 339 cm³/mol. The van der Waals surface area contributed by atoms with E-state index in [1.165, 1.54) is 155 Å². The van der Waals surface area contributed by atoms with Crippen LogP contribution in [0.4, 0.5) is 0 Å². The molecule has 0 bridgehead atoms. The first-order valence-electron chi connectivity index (χ1n) is 28.1. The maximum absolute atomic E-state index is 2.47. The third-order valence-corrected chi connectivity index (χ3v) is 18.1. The fourth-order valence-corrected chi connectivity index (χ4v) is 13.9. The number of hydrogen-bond donors (Lipinski definition) is 0. The van der Waals surface area contributed by atoms with E-state index in [1.54, 1.807) is 0 Å². The van der Waals surface area contributed by atoms with Crippen LogP contribution in [0.5, 0.6) is 0 Å². The number of para-hydroxylation sites is 3. The average Bonchev–Trinajstić information content (AvgIpc) is 4.38. The molecule has 0 atom stereocenters. The van der Waals surface area contributed by atoms with Crippen molar-refractivity contribution in [1.29, 1.82) is 0 Å². The molecule has 12 aromatic carbocycles. The topological polar surface area (TPSA) is 9.86 Å². The summed E-state index contributed by atoms with van der Waals surface area (Å²) in [5, 5.41) is 7.56. The van der Waals surface area contributed by atoms with Crippen LogP contribution in [0.3, 0.4) is 0 Å². The van der Waals surface area contributed by atoms with E-state index in [0.717, 1.165) is 0 Å². The van der Waals surface area contributed by atoms with Crippen molar-refractivity contribution in [2.75, 3.05) is 0 Å². The molecule has 0 fully saturated rings. The molecule has 2 aromatic heterocycles. The summed E-state index contributed by atoms with van der Waals surface area (Å²) in [7, 11) is 0. The van der Waals surface area contributed by atoms with Gasteiger partial charge in [-0.2, -0.15) is 0 Å². The molecule has 0 radical (unpaired) electrons. The van der Waals surface area contributed by atoms with Gasteiger partial charge in [-0.05, 0) is 173 Å². The number of aromatic nitrogens is 2. The van der Waals surface area contributed by atoms with Gasteiger partial charge in [0.15, 0.2) is 0 Å². The van der Waals surface area contributed by atoms with Crippen LogP contribution < -0.4 is 0 Å². The fraction of sp³-hybridized carbons (Fsp3) is 0.0769. The highest BCUT2D eigenvalue weighted by molar-refractivity contribution is 6.12. The molecule has 0 amide bonds. The molecule has 0 N–H and O–H groups in total. The lowest BCUT2D eigenvalue weighted by Crippen LogP contribution is -2.15. The van der Waals surface area contributed by atoms with Crippen molar-refractivity contribution >= 4 is 66.5 Å². The van der Waals surface area contributed by atoms with Gasteiger partial charge >= 0.3 is 0 Å². The third kappa shape index (κ3) is 6.98. The Hall–Kier alpha value is -9.76. The van der Waals surface area contributed by atoms with E-state index in [9.17, 15) is 0 Å². The lowest BCUT2D eigenvalue weighted by Gasteiger charge is -2.24. The SMILES string of the molecule is CC1(C)c2cc(-c3ccc(/C=C/c4ccc5c(c4)c4ccccc4n5-c4ccccc4)cc3)ccc2-c2ccc(-c3ccc4c(c3)C(C)(C)c3cc(-c5ccc6c(c5)c5ccccc5n6-c5cccc6ccccc56)ccc3-4)cc21. The Morgan fingerprint density at radius 2 is 0.675 bits per heavy atom. The lowest BCUT2D eigenvalue weighted by molar-refractivity contribution is 0.660. The van der Waals surface area contributed by atoms with E-state index in [2.05, 4.69) is 304 Å². The number of nitrogens with zero attached hydrogens (tertiary/aromatic N) is 2. The van der Waals surface area contributed by atoms with Crippen LogP contribution in [0.25, 0.3) is 134 Å². The summed E-state index contributed by atoms with van der Waals surface area (Å²) in [5.74, 6) is 0. The maximum Gasteiger partial charge on any atom is 0.0541 e. The van der Waals surface area contributed by atoms with Gasteiger partial charge in [0.05, 0.1) is 27.8 Å². The Morgan fingerprint density at radius 3 is 1.27 bits per heavy atom. The Labute approximate surface area is 466 Å². The van der Waals surface area contributed by atoms with Crippen molar-refractivity contribution in [2.24, 2.45) is 0 Å². The Balaban J connectivity index is 0.662. The van der Waals surface area contributed by atoms with Gasteiger partial charge in [-0.1, -0.05) is 216 Å². The second-order valence-corrected chi connectivity index (χ2v) is 23.3. The van der Waals surface area contributed by atoms with Gasteiger partial charge in [0.1, 0.15) is 0 Å². The number of fused-ring (bicyclic) bond motifs is 13. The van der Waals surface area contributed by atoms with E-state index in [0.29, 0.717) is 0 Å². The van der Waals surface area contributed by atoms with Gasteiger partial charge in [0.2, 0.25) is 0 Å². The molecular weight excluding hydrogens is 965 g/mol. The summed E-state index contributed by atoms with van der Waals surface area (Å²) in [5.41, 5.74) is 27.6. The van der Waals surface area contributed by atoms with Gasteiger partial charge in [-0.25, -0.2) is 0 Å². The van der Waals surface area contributed by atoms with Crippen LogP contribution in [-0.4, -0.2) is 9.13 Å². The minimum atomic E-state index is -0.177. The van der Waals surface area contributed by atoms with Crippen LogP contribution >= 0.6 is 0 Å². The highest BCUT2D eigenvalue weighted by Crippen LogP contribution is 2.53. The zero-order valence-corrected chi connectivity index (χ0v) is 45.3. The molecule has 80 heavy (non-hydrogen) atoms. The van der Waals surface area contributed by atoms with Crippen molar-refractivity contribution in [3.05, 3.63) is 288 Å². The van der Waals surface area contributed by atoms with Crippen molar-refractivity contribution in [1.82, 2.24) is 9.13 Å². The van der Waals surface area contributed by atoms with Crippen LogP contribution in [0.1, 0.15) is 61.1 Å². The summed E-state index contributed by atoms with van der Waals surface area (Å²) in [6, 6.07) is 95.1. The van der Waals surface area contributed by atoms with Gasteiger partial charge in [0.25, 0.3) is 0 Å².